The first-order chi connectivity index (χ1) is 6.20. The Morgan fingerprint density at radius 3 is 2.77 bits per heavy atom. The molecule has 0 unspecified atom stereocenters. The number of hydrogen-bond donors (Lipinski definition) is 1. The zero-order chi connectivity index (χ0) is 9.84. The second-order valence-electron chi connectivity index (χ2n) is 4.03. The van der Waals surface area contributed by atoms with Gasteiger partial charge in [0.2, 0.25) is 0 Å². The Bertz CT molecular complexity index is 177. The Balaban J connectivity index is 2.67. The molecule has 0 aromatic rings. The first kappa shape index (κ1) is 10.7. The number of rotatable bonds is 3. The molecule has 0 heterocycles. The van der Waals surface area contributed by atoms with E-state index in [1.54, 1.807) is 0 Å². The van der Waals surface area contributed by atoms with Crippen molar-refractivity contribution < 1.29 is 9.90 Å². The molecule has 1 N–H and O–H groups in total. The Morgan fingerprint density at radius 2 is 2.23 bits per heavy atom. The summed E-state index contributed by atoms with van der Waals surface area (Å²) in [6.45, 7) is 4.05. The molecule has 76 valence electrons. The summed E-state index contributed by atoms with van der Waals surface area (Å²) in [4.78, 5) is 11.6. The SMILES string of the molecule is CC[C@@H]1CCCC(=O)[C@H]1[C@H](O)CC. The fourth-order valence-corrected chi connectivity index (χ4v) is 2.39. The van der Waals surface area contributed by atoms with Crippen LogP contribution in [0.5, 0.6) is 0 Å². The zero-order valence-electron chi connectivity index (χ0n) is 8.62. The maximum Gasteiger partial charge on any atom is 0.138 e. The van der Waals surface area contributed by atoms with Gasteiger partial charge in [0.25, 0.3) is 0 Å². The third-order valence-corrected chi connectivity index (χ3v) is 3.23. The van der Waals surface area contributed by atoms with Gasteiger partial charge in [-0.05, 0) is 25.2 Å². The average molecular weight is 184 g/mol. The van der Waals surface area contributed by atoms with E-state index >= 15 is 0 Å². The molecule has 2 nitrogen and oxygen atoms in total. The molecular weight excluding hydrogens is 164 g/mol. The molecule has 1 aliphatic carbocycles. The first-order valence-electron chi connectivity index (χ1n) is 5.41. The van der Waals surface area contributed by atoms with Gasteiger partial charge in [-0.2, -0.15) is 0 Å². The van der Waals surface area contributed by atoms with Crippen LogP contribution in [-0.4, -0.2) is 17.0 Å². The summed E-state index contributed by atoms with van der Waals surface area (Å²) in [5.41, 5.74) is 0. The third kappa shape index (κ3) is 2.31. The van der Waals surface area contributed by atoms with E-state index in [0.29, 0.717) is 18.8 Å². The van der Waals surface area contributed by atoms with Crippen LogP contribution in [-0.2, 0) is 4.79 Å². The van der Waals surface area contributed by atoms with Crippen molar-refractivity contribution in [2.24, 2.45) is 11.8 Å². The number of aliphatic hydroxyl groups excluding tert-OH is 1. The van der Waals surface area contributed by atoms with Crippen molar-refractivity contribution in [3.8, 4) is 0 Å². The summed E-state index contributed by atoms with van der Waals surface area (Å²) in [6.07, 6.45) is 4.13. The quantitative estimate of drug-likeness (QED) is 0.729. The van der Waals surface area contributed by atoms with Crippen LogP contribution in [0.3, 0.4) is 0 Å². The molecule has 1 saturated carbocycles. The van der Waals surface area contributed by atoms with Gasteiger partial charge in [-0.15, -0.1) is 0 Å². The largest absolute Gasteiger partial charge is 0.392 e. The van der Waals surface area contributed by atoms with Crippen molar-refractivity contribution >= 4 is 5.78 Å². The minimum atomic E-state index is -0.405. The average Bonchev–Trinajstić information content (AvgIpc) is 2.16. The standard InChI is InChI=1S/C11H20O2/c1-3-8-6-5-7-10(13)11(8)9(12)4-2/h8-9,11-12H,3-7H2,1-2H3/t8-,9-,11-/m1/s1. The maximum absolute atomic E-state index is 11.6. The molecule has 1 fully saturated rings. The van der Waals surface area contributed by atoms with Gasteiger partial charge in [-0.3, -0.25) is 4.79 Å². The van der Waals surface area contributed by atoms with Gasteiger partial charge in [-0.1, -0.05) is 20.3 Å². The third-order valence-electron chi connectivity index (χ3n) is 3.23. The van der Waals surface area contributed by atoms with E-state index in [1.807, 2.05) is 6.92 Å². The predicted molar refractivity (Wildman–Crippen MR) is 52.4 cm³/mol. The summed E-state index contributed by atoms with van der Waals surface area (Å²) in [7, 11) is 0. The Hall–Kier alpha value is -0.370. The minimum absolute atomic E-state index is 0.0660. The van der Waals surface area contributed by atoms with Gasteiger partial charge in [0, 0.05) is 12.3 Å². The molecule has 0 aromatic heterocycles. The molecule has 13 heavy (non-hydrogen) atoms. The van der Waals surface area contributed by atoms with Crippen LogP contribution in [0, 0.1) is 11.8 Å². The topological polar surface area (TPSA) is 37.3 Å². The number of hydrogen-bond acceptors (Lipinski definition) is 2. The van der Waals surface area contributed by atoms with Crippen molar-refractivity contribution in [1.29, 1.82) is 0 Å². The van der Waals surface area contributed by atoms with E-state index in [2.05, 4.69) is 6.92 Å². The molecule has 3 atom stereocenters. The number of Topliss-reactive ketones (excluding diaryl/α,β-unsaturated/α-hetero) is 1. The van der Waals surface area contributed by atoms with E-state index in [4.69, 9.17) is 0 Å². The van der Waals surface area contributed by atoms with Crippen LogP contribution in [0.4, 0.5) is 0 Å². The van der Waals surface area contributed by atoms with Gasteiger partial charge in [0.15, 0.2) is 0 Å². The first-order valence-corrected chi connectivity index (χ1v) is 5.41. The highest BCUT2D eigenvalue weighted by molar-refractivity contribution is 5.82. The predicted octanol–water partition coefficient (Wildman–Crippen LogP) is 2.15. The van der Waals surface area contributed by atoms with Gasteiger partial charge in [0.1, 0.15) is 5.78 Å². The van der Waals surface area contributed by atoms with Crippen LogP contribution in [0.25, 0.3) is 0 Å². The summed E-state index contributed by atoms with van der Waals surface area (Å²) in [6, 6.07) is 0. The van der Waals surface area contributed by atoms with Gasteiger partial charge < -0.3 is 5.11 Å². The van der Waals surface area contributed by atoms with Crippen molar-refractivity contribution in [3.05, 3.63) is 0 Å². The van der Waals surface area contributed by atoms with Crippen LogP contribution in [0.15, 0.2) is 0 Å². The highest BCUT2D eigenvalue weighted by Gasteiger charge is 2.34. The lowest BCUT2D eigenvalue weighted by molar-refractivity contribution is -0.131. The summed E-state index contributed by atoms with van der Waals surface area (Å²) in [5, 5.41) is 9.73. The molecule has 1 aliphatic rings. The zero-order valence-corrected chi connectivity index (χ0v) is 8.62. The molecular formula is C11H20O2. The van der Waals surface area contributed by atoms with Crippen LogP contribution < -0.4 is 0 Å². The minimum Gasteiger partial charge on any atom is -0.392 e. The smallest absolute Gasteiger partial charge is 0.138 e. The number of carbonyl (C=O) groups excluding carboxylic acids is 1. The lowest BCUT2D eigenvalue weighted by atomic mass is 9.73. The second kappa shape index (κ2) is 4.75. The lowest BCUT2D eigenvalue weighted by Gasteiger charge is -2.32. The molecule has 0 aliphatic heterocycles. The van der Waals surface area contributed by atoms with Gasteiger partial charge >= 0.3 is 0 Å². The molecule has 1 rings (SSSR count). The molecule has 0 radical (unpaired) electrons. The molecule has 0 aromatic carbocycles. The van der Waals surface area contributed by atoms with Crippen LogP contribution >= 0.6 is 0 Å². The number of aliphatic hydroxyl groups is 1. The fraction of sp³-hybridized carbons (Fsp3) is 0.909. The van der Waals surface area contributed by atoms with Crippen molar-refractivity contribution in [3.63, 3.8) is 0 Å². The molecule has 0 saturated heterocycles. The lowest BCUT2D eigenvalue weighted by Crippen LogP contribution is -2.37. The monoisotopic (exact) mass is 184 g/mol. The van der Waals surface area contributed by atoms with E-state index in [9.17, 15) is 9.90 Å². The van der Waals surface area contributed by atoms with E-state index in [0.717, 1.165) is 19.3 Å². The summed E-state index contributed by atoms with van der Waals surface area (Å²) in [5.74, 6) is 0.646. The number of ketones is 1. The van der Waals surface area contributed by atoms with Gasteiger partial charge in [0.05, 0.1) is 6.10 Å². The normalized spacial score (nSPS) is 31.8. The number of carbonyl (C=O) groups is 1. The van der Waals surface area contributed by atoms with Crippen LogP contribution in [0.2, 0.25) is 0 Å². The molecule has 0 amide bonds. The fourth-order valence-electron chi connectivity index (χ4n) is 2.39. The highest BCUT2D eigenvalue weighted by atomic mass is 16.3. The van der Waals surface area contributed by atoms with E-state index in [-0.39, 0.29) is 11.7 Å². The van der Waals surface area contributed by atoms with Crippen molar-refractivity contribution in [1.82, 2.24) is 0 Å². The van der Waals surface area contributed by atoms with Gasteiger partial charge in [-0.25, -0.2) is 0 Å². The highest BCUT2D eigenvalue weighted by Crippen LogP contribution is 2.32. The van der Waals surface area contributed by atoms with Crippen LogP contribution in [0.1, 0.15) is 46.0 Å². The molecule has 0 bridgehead atoms. The Kier molecular flexibility index (Phi) is 3.91. The maximum atomic E-state index is 11.6. The molecule has 2 heteroatoms. The molecule has 0 spiro atoms. The van der Waals surface area contributed by atoms with E-state index in [1.165, 1.54) is 0 Å². The second-order valence-corrected chi connectivity index (χ2v) is 4.03. The van der Waals surface area contributed by atoms with Crippen molar-refractivity contribution in [2.45, 2.75) is 52.1 Å². The summed E-state index contributed by atoms with van der Waals surface area (Å²) >= 11 is 0. The Labute approximate surface area is 80.3 Å². The van der Waals surface area contributed by atoms with Crippen molar-refractivity contribution in [2.75, 3.05) is 0 Å². The van der Waals surface area contributed by atoms with E-state index < -0.39 is 6.10 Å². The Morgan fingerprint density at radius 1 is 1.54 bits per heavy atom. The summed E-state index contributed by atoms with van der Waals surface area (Å²) < 4.78 is 0.